The number of nitrogen functional groups attached to an aromatic ring is 1. The molecule has 1 amide bonds. The van der Waals surface area contributed by atoms with Crippen molar-refractivity contribution in [2.75, 3.05) is 5.43 Å². The molecule has 0 aliphatic heterocycles. The molecule has 1 aliphatic carbocycles. The molecule has 0 aromatic heterocycles. The molecule has 1 aromatic rings. The molecular formula is C14H20N4O3. The smallest absolute Gasteiger partial charge is 0.270 e. The van der Waals surface area contributed by atoms with Gasteiger partial charge in [-0.05, 0) is 24.8 Å². The lowest BCUT2D eigenvalue weighted by Gasteiger charge is -2.27. The van der Waals surface area contributed by atoms with Gasteiger partial charge < -0.3 is 10.7 Å². The maximum absolute atomic E-state index is 12.3. The number of benzene rings is 1. The number of hydrazine groups is 1. The number of carbonyl (C=O) groups is 1. The molecule has 1 aromatic carbocycles. The second-order valence-electron chi connectivity index (χ2n) is 5.57. The Morgan fingerprint density at radius 3 is 2.81 bits per heavy atom. The van der Waals surface area contributed by atoms with Gasteiger partial charge in [0.15, 0.2) is 0 Å². The molecule has 0 bridgehead atoms. The highest BCUT2D eigenvalue weighted by atomic mass is 16.6. The van der Waals surface area contributed by atoms with E-state index in [9.17, 15) is 14.9 Å². The first-order valence-electron chi connectivity index (χ1n) is 7.07. The molecule has 1 aliphatic rings. The number of hydrogen-bond donors (Lipinski definition) is 3. The first-order chi connectivity index (χ1) is 10.0. The summed E-state index contributed by atoms with van der Waals surface area (Å²) in [5, 5.41) is 13.8. The largest absolute Gasteiger partial charge is 0.349 e. The summed E-state index contributed by atoms with van der Waals surface area (Å²) >= 11 is 0. The average molecular weight is 292 g/mol. The van der Waals surface area contributed by atoms with E-state index in [1.807, 2.05) is 0 Å². The molecule has 21 heavy (non-hydrogen) atoms. The van der Waals surface area contributed by atoms with Gasteiger partial charge >= 0.3 is 0 Å². The fraction of sp³-hybridized carbons (Fsp3) is 0.500. The normalized spacial score (nSPS) is 21.6. The van der Waals surface area contributed by atoms with Gasteiger partial charge in [0, 0.05) is 18.2 Å². The van der Waals surface area contributed by atoms with Gasteiger partial charge in [-0.2, -0.15) is 0 Å². The summed E-state index contributed by atoms with van der Waals surface area (Å²) < 4.78 is 0. The van der Waals surface area contributed by atoms with Crippen molar-refractivity contribution < 1.29 is 9.72 Å². The van der Waals surface area contributed by atoms with E-state index < -0.39 is 4.92 Å². The standard InChI is InChI=1S/C14H20N4O3/c1-9-3-2-4-10(7-9)16-14(19)12-8-11(18(20)21)5-6-13(12)17-15/h5-6,8-10,17H,2-4,7,15H2,1H3,(H,16,19). The minimum absolute atomic E-state index is 0.117. The first kappa shape index (κ1) is 15.2. The third kappa shape index (κ3) is 3.69. The Morgan fingerprint density at radius 2 is 2.19 bits per heavy atom. The lowest BCUT2D eigenvalue weighted by molar-refractivity contribution is -0.384. The van der Waals surface area contributed by atoms with Crippen molar-refractivity contribution in [3.63, 3.8) is 0 Å². The number of nitrogens with one attached hydrogen (secondary N) is 2. The lowest BCUT2D eigenvalue weighted by atomic mass is 9.87. The summed E-state index contributed by atoms with van der Waals surface area (Å²) in [6.07, 6.45) is 4.14. The van der Waals surface area contributed by atoms with Crippen LogP contribution in [0, 0.1) is 16.0 Å². The van der Waals surface area contributed by atoms with Gasteiger partial charge in [0.2, 0.25) is 0 Å². The van der Waals surface area contributed by atoms with Crippen molar-refractivity contribution in [2.45, 2.75) is 38.6 Å². The molecule has 7 nitrogen and oxygen atoms in total. The van der Waals surface area contributed by atoms with E-state index >= 15 is 0 Å². The van der Waals surface area contributed by atoms with Crippen molar-refractivity contribution >= 4 is 17.3 Å². The van der Waals surface area contributed by atoms with Gasteiger partial charge in [-0.3, -0.25) is 20.8 Å². The summed E-state index contributed by atoms with van der Waals surface area (Å²) in [6, 6.07) is 4.12. The Morgan fingerprint density at radius 1 is 1.43 bits per heavy atom. The Labute approximate surface area is 123 Å². The number of non-ortho nitro benzene ring substituents is 1. The number of nitrogens with two attached hydrogens (primary N) is 1. The van der Waals surface area contributed by atoms with Crippen LogP contribution in [0.4, 0.5) is 11.4 Å². The first-order valence-corrected chi connectivity index (χ1v) is 7.07. The van der Waals surface area contributed by atoms with Crippen molar-refractivity contribution in [3.05, 3.63) is 33.9 Å². The van der Waals surface area contributed by atoms with Crippen LogP contribution < -0.4 is 16.6 Å². The van der Waals surface area contributed by atoms with Gasteiger partial charge in [-0.25, -0.2) is 0 Å². The minimum Gasteiger partial charge on any atom is -0.349 e. The number of anilines is 1. The fourth-order valence-electron chi connectivity index (χ4n) is 2.79. The van der Waals surface area contributed by atoms with Crippen molar-refractivity contribution in [1.82, 2.24) is 5.32 Å². The van der Waals surface area contributed by atoms with Crippen molar-refractivity contribution in [1.29, 1.82) is 0 Å². The van der Waals surface area contributed by atoms with E-state index in [1.165, 1.54) is 24.6 Å². The van der Waals surface area contributed by atoms with Crippen LogP contribution in [0.25, 0.3) is 0 Å². The Kier molecular flexibility index (Phi) is 4.74. The predicted molar refractivity (Wildman–Crippen MR) is 79.8 cm³/mol. The maximum Gasteiger partial charge on any atom is 0.270 e. The van der Waals surface area contributed by atoms with Crippen LogP contribution >= 0.6 is 0 Å². The van der Waals surface area contributed by atoms with E-state index in [4.69, 9.17) is 5.84 Å². The van der Waals surface area contributed by atoms with E-state index in [-0.39, 0.29) is 23.2 Å². The highest BCUT2D eigenvalue weighted by Gasteiger charge is 2.23. The molecular weight excluding hydrogens is 272 g/mol. The average Bonchev–Trinajstić information content (AvgIpc) is 2.46. The maximum atomic E-state index is 12.3. The lowest BCUT2D eigenvalue weighted by Crippen LogP contribution is -2.38. The van der Waals surface area contributed by atoms with Crippen LogP contribution in [0.5, 0.6) is 0 Å². The van der Waals surface area contributed by atoms with E-state index in [0.717, 1.165) is 19.3 Å². The summed E-state index contributed by atoms with van der Waals surface area (Å²) in [5.74, 6) is 5.63. The summed E-state index contributed by atoms with van der Waals surface area (Å²) in [5.41, 5.74) is 2.85. The van der Waals surface area contributed by atoms with E-state index in [0.29, 0.717) is 11.6 Å². The van der Waals surface area contributed by atoms with Gasteiger partial charge in [0.1, 0.15) is 0 Å². The van der Waals surface area contributed by atoms with E-state index in [1.54, 1.807) is 0 Å². The molecule has 0 saturated heterocycles. The number of amides is 1. The van der Waals surface area contributed by atoms with Gasteiger partial charge in [0.25, 0.3) is 11.6 Å². The topological polar surface area (TPSA) is 110 Å². The summed E-state index contributed by atoms with van der Waals surface area (Å²) in [4.78, 5) is 22.6. The third-order valence-electron chi connectivity index (χ3n) is 3.89. The number of carbonyl (C=O) groups excluding carboxylic acids is 1. The van der Waals surface area contributed by atoms with Crippen molar-refractivity contribution in [2.24, 2.45) is 11.8 Å². The molecule has 114 valence electrons. The number of rotatable bonds is 4. The third-order valence-corrected chi connectivity index (χ3v) is 3.89. The Hall–Kier alpha value is -2.15. The van der Waals surface area contributed by atoms with Crippen LogP contribution in [0.15, 0.2) is 18.2 Å². The fourth-order valence-corrected chi connectivity index (χ4v) is 2.79. The summed E-state index contributed by atoms with van der Waals surface area (Å²) in [7, 11) is 0. The van der Waals surface area contributed by atoms with Crippen LogP contribution in [-0.4, -0.2) is 16.9 Å². The molecule has 0 radical (unpaired) electrons. The summed E-state index contributed by atoms with van der Waals surface area (Å²) in [6.45, 7) is 2.17. The van der Waals surface area contributed by atoms with Crippen LogP contribution in [-0.2, 0) is 0 Å². The quantitative estimate of drug-likeness (QED) is 0.447. The molecule has 2 rings (SSSR count). The van der Waals surface area contributed by atoms with Gasteiger partial charge in [-0.15, -0.1) is 0 Å². The van der Waals surface area contributed by atoms with Gasteiger partial charge in [0.05, 0.1) is 16.2 Å². The minimum atomic E-state index is -0.528. The highest BCUT2D eigenvalue weighted by molar-refractivity contribution is 6.00. The van der Waals surface area contributed by atoms with Crippen LogP contribution in [0.1, 0.15) is 43.0 Å². The zero-order valence-electron chi connectivity index (χ0n) is 12.0. The molecule has 2 atom stereocenters. The second kappa shape index (κ2) is 6.53. The van der Waals surface area contributed by atoms with Crippen molar-refractivity contribution in [3.8, 4) is 0 Å². The molecule has 2 unspecified atom stereocenters. The Balaban J connectivity index is 2.17. The molecule has 7 heteroatoms. The zero-order chi connectivity index (χ0) is 15.4. The molecule has 0 heterocycles. The second-order valence-corrected chi connectivity index (χ2v) is 5.57. The monoisotopic (exact) mass is 292 g/mol. The SMILES string of the molecule is CC1CCCC(NC(=O)c2cc([N+](=O)[O-])ccc2NN)C1. The van der Waals surface area contributed by atoms with E-state index in [2.05, 4.69) is 17.7 Å². The number of nitro benzene ring substituents is 1. The molecule has 1 fully saturated rings. The predicted octanol–water partition coefficient (Wildman–Crippen LogP) is 2.19. The molecule has 4 N–H and O–H groups in total. The van der Waals surface area contributed by atoms with Gasteiger partial charge in [-0.1, -0.05) is 19.8 Å². The highest BCUT2D eigenvalue weighted by Crippen LogP contribution is 2.25. The number of nitrogens with zero attached hydrogens (tertiary/aromatic N) is 1. The number of nitro groups is 1. The number of hydrogen-bond acceptors (Lipinski definition) is 5. The molecule has 0 spiro atoms. The zero-order valence-corrected chi connectivity index (χ0v) is 12.0. The Bertz CT molecular complexity index is 547. The van der Waals surface area contributed by atoms with Crippen LogP contribution in [0.3, 0.4) is 0 Å². The van der Waals surface area contributed by atoms with Crippen LogP contribution in [0.2, 0.25) is 0 Å². The molecule has 1 saturated carbocycles.